The Morgan fingerprint density at radius 2 is 2.22 bits per heavy atom. The number of hydrogen-bond acceptors (Lipinski definition) is 5. The van der Waals surface area contributed by atoms with Gasteiger partial charge in [0.15, 0.2) is 0 Å². The van der Waals surface area contributed by atoms with Crippen molar-refractivity contribution in [3.8, 4) is 0 Å². The second-order valence-corrected chi connectivity index (χ2v) is 6.89. The van der Waals surface area contributed by atoms with E-state index in [0.29, 0.717) is 11.6 Å². The van der Waals surface area contributed by atoms with Crippen molar-refractivity contribution in [3.63, 3.8) is 0 Å². The van der Waals surface area contributed by atoms with E-state index in [1.54, 1.807) is 17.4 Å². The molecule has 1 amide bonds. The van der Waals surface area contributed by atoms with Gasteiger partial charge in [-0.1, -0.05) is 0 Å². The van der Waals surface area contributed by atoms with Gasteiger partial charge < -0.3 is 5.32 Å². The molecule has 0 saturated carbocycles. The zero-order valence-corrected chi connectivity index (χ0v) is 14.2. The summed E-state index contributed by atoms with van der Waals surface area (Å²) in [5, 5.41) is 7.36. The number of hydrogen-bond donors (Lipinski definition) is 1. The molecule has 1 aliphatic heterocycles. The summed E-state index contributed by atoms with van der Waals surface area (Å²) < 4.78 is 0. The smallest absolute Gasteiger partial charge is 0.270 e. The Morgan fingerprint density at radius 1 is 1.39 bits per heavy atom. The van der Waals surface area contributed by atoms with Crippen molar-refractivity contribution in [2.45, 2.75) is 26.3 Å². The van der Waals surface area contributed by atoms with Gasteiger partial charge in [-0.3, -0.25) is 9.69 Å². The largest absolute Gasteiger partial charge is 0.350 e. The first-order valence-corrected chi connectivity index (χ1v) is 8.95. The summed E-state index contributed by atoms with van der Waals surface area (Å²) in [5.74, 6) is 0.455. The summed E-state index contributed by atoms with van der Waals surface area (Å²) in [5.41, 5.74) is 2.67. The average molecular weight is 330 g/mol. The second kappa shape index (κ2) is 7.66. The summed E-state index contributed by atoms with van der Waals surface area (Å²) in [6.45, 7) is 5.84. The molecule has 0 atom stereocenters. The number of rotatable bonds is 5. The molecule has 0 spiro atoms. The third-order valence-electron chi connectivity index (χ3n) is 4.28. The summed E-state index contributed by atoms with van der Waals surface area (Å²) >= 11 is 1.75. The fraction of sp³-hybridized carbons (Fsp3) is 0.471. The van der Waals surface area contributed by atoms with Crippen molar-refractivity contribution in [1.82, 2.24) is 20.2 Å². The SMILES string of the molecule is Cc1cc(C(=O)NCC2CCN(Cc3ccsc3)CC2)ncn1. The van der Waals surface area contributed by atoms with Crippen LogP contribution in [-0.2, 0) is 6.54 Å². The molecule has 2 aromatic heterocycles. The van der Waals surface area contributed by atoms with E-state index in [9.17, 15) is 4.79 Å². The normalized spacial score (nSPS) is 16.4. The summed E-state index contributed by atoms with van der Waals surface area (Å²) in [4.78, 5) is 22.6. The molecule has 1 saturated heterocycles. The van der Waals surface area contributed by atoms with Gasteiger partial charge in [-0.05, 0) is 67.2 Å². The van der Waals surface area contributed by atoms with Gasteiger partial charge in [0.25, 0.3) is 5.91 Å². The maximum atomic E-state index is 12.1. The molecule has 0 radical (unpaired) electrons. The molecule has 0 bridgehead atoms. The minimum absolute atomic E-state index is 0.101. The maximum absolute atomic E-state index is 12.1. The van der Waals surface area contributed by atoms with Gasteiger partial charge in [-0.15, -0.1) is 0 Å². The molecule has 0 aromatic carbocycles. The molecule has 1 aliphatic rings. The van der Waals surface area contributed by atoms with Crippen LogP contribution in [0.5, 0.6) is 0 Å². The lowest BCUT2D eigenvalue weighted by molar-refractivity contribution is 0.0930. The number of aromatic nitrogens is 2. The molecule has 0 unspecified atom stereocenters. The third kappa shape index (κ3) is 4.59. The Morgan fingerprint density at radius 3 is 2.91 bits per heavy atom. The highest BCUT2D eigenvalue weighted by Gasteiger charge is 2.20. The molecule has 6 heteroatoms. The summed E-state index contributed by atoms with van der Waals surface area (Å²) in [7, 11) is 0. The highest BCUT2D eigenvalue weighted by atomic mass is 32.1. The van der Waals surface area contributed by atoms with Gasteiger partial charge in [-0.25, -0.2) is 9.97 Å². The fourth-order valence-corrected chi connectivity index (χ4v) is 3.56. The monoisotopic (exact) mass is 330 g/mol. The predicted octanol–water partition coefficient (Wildman–Crippen LogP) is 2.49. The Bertz CT molecular complexity index is 636. The van der Waals surface area contributed by atoms with Crippen LogP contribution in [0.4, 0.5) is 0 Å². The molecular formula is C17H22N4OS. The van der Waals surface area contributed by atoms with Crippen LogP contribution in [0.25, 0.3) is 0 Å². The van der Waals surface area contributed by atoms with E-state index in [2.05, 4.69) is 37.0 Å². The van der Waals surface area contributed by atoms with Crippen molar-refractivity contribution in [2.24, 2.45) is 5.92 Å². The van der Waals surface area contributed by atoms with Gasteiger partial charge in [-0.2, -0.15) is 11.3 Å². The average Bonchev–Trinajstić information content (AvgIpc) is 3.07. The highest BCUT2D eigenvalue weighted by molar-refractivity contribution is 7.07. The van der Waals surface area contributed by atoms with Crippen LogP contribution in [0.2, 0.25) is 0 Å². The summed E-state index contributed by atoms with van der Waals surface area (Å²) in [6.07, 6.45) is 3.70. The van der Waals surface area contributed by atoms with Crippen molar-refractivity contribution in [1.29, 1.82) is 0 Å². The van der Waals surface area contributed by atoms with E-state index in [-0.39, 0.29) is 5.91 Å². The number of aryl methyl sites for hydroxylation is 1. The minimum Gasteiger partial charge on any atom is -0.350 e. The summed E-state index contributed by atoms with van der Waals surface area (Å²) in [6, 6.07) is 3.92. The second-order valence-electron chi connectivity index (χ2n) is 6.11. The van der Waals surface area contributed by atoms with Crippen LogP contribution in [0, 0.1) is 12.8 Å². The van der Waals surface area contributed by atoms with Gasteiger partial charge in [0.05, 0.1) is 0 Å². The van der Waals surface area contributed by atoms with Gasteiger partial charge in [0.1, 0.15) is 12.0 Å². The Hall–Kier alpha value is -1.79. The van der Waals surface area contributed by atoms with E-state index >= 15 is 0 Å². The van der Waals surface area contributed by atoms with Crippen molar-refractivity contribution < 1.29 is 4.79 Å². The molecule has 3 rings (SSSR count). The van der Waals surface area contributed by atoms with Crippen LogP contribution in [0.1, 0.15) is 34.6 Å². The Balaban J connectivity index is 1.41. The molecule has 3 heterocycles. The lowest BCUT2D eigenvalue weighted by Crippen LogP contribution is -2.38. The molecule has 122 valence electrons. The highest BCUT2D eigenvalue weighted by Crippen LogP contribution is 2.19. The number of nitrogens with one attached hydrogen (secondary N) is 1. The lowest BCUT2D eigenvalue weighted by atomic mass is 9.96. The number of piperidine rings is 1. The van der Waals surface area contributed by atoms with E-state index in [1.165, 1.54) is 11.9 Å². The Labute approximate surface area is 140 Å². The molecule has 1 N–H and O–H groups in total. The third-order valence-corrected chi connectivity index (χ3v) is 5.01. The van der Waals surface area contributed by atoms with Crippen LogP contribution in [0.3, 0.4) is 0 Å². The van der Waals surface area contributed by atoms with E-state index < -0.39 is 0 Å². The molecular weight excluding hydrogens is 308 g/mol. The standard InChI is InChI=1S/C17H22N4OS/c1-13-8-16(20-12-19-13)17(22)18-9-14-2-5-21(6-3-14)10-15-4-7-23-11-15/h4,7-8,11-12,14H,2-3,5-6,9-10H2,1H3,(H,18,22). The van der Waals surface area contributed by atoms with Crippen molar-refractivity contribution in [3.05, 3.63) is 46.2 Å². The van der Waals surface area contributed by atoms with Crippen LogP contribution in [-0.4, -0.2) is 40.4 Å². The first-order valence-electron chi connectivity index (χ1n) is 8.01. The minimum atomic E-state index is -0.101. The number of thiophene rings is 1. The number of nitrogens with zero attached hydrogens (tertiary/aromatic N) is 3. The number of carbonyl (C=O) groups excluding carboxylic acids is 1. The first kappa shape index (κ1) is 16.1. The zero-order valence-electron chi connectivity index (χ0n) is 13.4. The first-order chi connectivity index (χ1) is 11.2. The van der Waals surface area contributed by atoms with Crippen LogP contribution in [0.15, 0.2) is 29.2 Å². The van der Waals surface area contributed by atoms with Crippen LogP contribution >= 0.6 is 11.3 Å². The number of carbonyl (C=O) groups is 1. The van der Waals surface area contributed by atoms with Crippen LogP contribution < -0.4 is 5.32 Å². The quantitative estimate of drug-likeness (QED) is 0.915. The topological polar surface area (TPSA) is 58.1 Å². The molecule has 23 heavy (non-hydrogen) atoms. The van der Waals surface area contributed by atoms with Crippen molar-refractivity contribution in [2.75, 3.05) is 19.6 Å². The lowest BCUT2D eigenvalue weighted by Gasteiger charge is -2.31. The zero-order chi connectivity index (χ0) is 16.1. The Kier molecular flexibility index (Phi) is 5.35. The molecule has 0 aliphatic carbocycles. The molecule has 5 nitrogen and oxygen atoms in total. The number of amides is 1. The van der Waals surface area contributed by atoms with Crippen molar-refractivity contribution >= 4 is 17.2 Å². The molecule has 2 aromatic rings. The predicted molar refractivity (Wildman–Crippen MR) is 91.4 cm³/mol. The van der Waals surface area contributed by atoms with E-state index in [4.69, 9.17) is 0 Å². The van der Waals surface area contributed by atoms with Gasteiger partial charge in [0.2, 0.25) is 0 Å². The maximum Gasteiger partial charge on any atom is 0.270 e. The fourth-order valence-electron chi connectivity index (χ4n) is 2.90. The van der Waals surface area contributed by atoms with Gasteiger partial charge in [0, 0.05) is 18.8 Å². The van der Waals surface area contributed by atoms with E-state index in [1.807, 2.05) is 6.92 Å². The molecule has 1 fully saturated rings. The van der Waals surface area contributed by atoms with Gasteiger partial charge >= 0.3 is 0 Å². The van der Waals surface area contributed by atoms with E-state index in [0.717, 1.165) is 44.7 Å². The number of likely N-dealkylation sites (tertiary alicyclic amines) is 1.